The van der Waals surface area contributed by atoms with Gasteiger partial charge in [0.1, 0.15) is 5.15 Å². The number of aromatic nitrogens is 2. The smallest absolute Gasteiger partial charge is 0.208 e. The lowest BCUT2D eigenvalue weighted by Gasteiger charge is -1.85. The van der Waals surface area contributed by atoms with Crippen LogP contribution in [0.15, 0.2) is 0 Å². The summed E-state index contributed by atoms with van der Waals surface area (Å²) in [6.45, 7) is 0. The highest BCUT2D eigenvalue weighted by Crippen LogP contribution is 2.17. The van der Waals surface area contributed by atoms with Gasteiger partial charge in [-0.2, -0.15) is 0 Å². The number of H-pyrrole nitrogens is 1. The molecule has 6 heteroatoms. The highest BCUT2D eigenvalue weighted by molar-refractivity contribution is 9.09. The Kier molecular flexibility index (Phi) is 2.92. The number of carbonyl (C=O) groups excluding carboxylic acids is 1. The summed E-state index contributed by atoms with van der Waals surface area (Å²) in [5.41, 5.74) is 0. The van der Waals surface area contributed by atoms with Crippen LogP contribution < -0.4 is 0 Å². The number of aromatic amines is 1. The zero-order valence-corrected chi connectivity index (χ0v) is 8.29. The van der Waals surface area contributed by atoms with E-state index in [1.165, 1.54) is 0 Å². The van der Waals surface area contributed by atoms with E-state index in [1.54, 1.807) is 0 Å². The van der Waals surface area contributed by atoms with Crippen LogP contribution in [0.25, 0.3) is 0 Å². The van der Waals surface area contributed by atoms with Gasteiger partial charge in [-0.3, -0.25) is 4.79 Å². The second-order valence-electron chi connectivity index (χ2n) is 1.75. The molecule has 0 aromatic carbocycles. The molecule has 0 saturated carbocycles. The Hall–Kier alpha value is -0.0600. The molecule has 60 valence electrons. The van der Waals surface area contributed by atoms with Crippen molar-refractivity contribution in [2.75, 3.05) is 5.33 Å². The summed E-state index contributed by atoms with van der Waals surface area (Å²) in [6, 6.07) is 0. The molecule has 11 heavy (non-hydrogen) atoms. The van der Waals surface area contributed by atoms with Crippen LogP contribution in [0.3, 0.4) is 0 Å². The lowest BCUT2D eigenvalue weighted by atomic mass is 10.4. The average molecular weight is 258 g/mol. The minimum atomic E-state index is -0.182. The fourth-order valence-electron chi connectivity index (χ4n) is 0.526. The Morgan fingerprint density at radius 1 is 1.64 bits per heavy atom. The largest absolute Gasteiger partial charge is 0.325 e. The third-order valence-electron chi connectivity index (χ3n) is 1.00. The van der Waals surface area contributed by atoms with Crippen molar-refractivity contribution in [3.63, 3.8) is 0 Å². The Morgan fingerprint density at radius 3 is 2.64 bits per heavy atom. The number of imidazole rings is 1. The van der Waals surface area contributed by atoms with Gasteiger partial charge in [0.2, 0.25) is 5.78 Å². The van der Waals surface area contributed by atoms with Gasteiger partial charge in [-0.25, -0.2) is 4.98 Å². The molecule has 0 spiro atoms. The molecule has 0 saturated heterocycles. The van der Waals surface area contributed by atoms with Gasteiger partial charge in [-0.15, -0.1) is 0 Å². The van der Waals surface area contributed by atoms with E-state index in [0.717, 1.165) is 0 Å². The molecule has 0 radical (unpaired) electrons. The molecule has 1 heterocycles. The highest BCUT2D eigenvalue weighted by atomic mass is 79.9. The maximum atomic E-state index is 10.9. The third kappa shape index (κ3) is 1.95. The standard InChI is InChI=1S/C5H3BrCl2N2O/c6-1-2(11)5-9-3(7)4(8)10-5/h1H2,(H,9,10). The molecule has 3 nitrogen and oxygen atoms in total. The van der Waals surface area contributed by atoms with E-state index in [0.29, 0.717) is 0 Å². The molecule has 1 N–H and O–H groups in total. The normalized spacial score (nSPS) is 10.1. The van der Waals surface area contributed by atoms with Gasteiger partial charge in [0.25, 0.3) is 0 Å². The molecule has 0 bridgehead atoms. The van der Waals surface area contributed by atoms with Crippen LogP contribution >= 0.6 is 39.1 Å². The van der Waals surface area contributed by atoms with Gasteiger partial charge >= 0.3 is 0 Å². The van der Waals surface area contributed by atoms with Crippen LogP contribution in [-0.2, 0) is 0 Å². The molecule has 0 aliphatic rings. The summed E-state index contributed by atoms with van der Waals surface area (Å²) in [4.78, 5) is 17.1. The fraction of sp³-hybridized carbons (Fsp3) is 0.200. The number of rotatable bonds is 2. The van der Waals surface area contributed by atoms with Crippen molar-refractivity contribution in [1.29, 1.82) is 0 Å². The maximum absolute atomic E-state index is 10.9. The highest BCUT2D eigenvalue weighted by Gasteiger charge is 2.11. The zero-order valence-electron chi connectivity index (χ0n) is 5.20. The van der Waals surface area contributed by atoms with E-state index in [1.807, 2.05) is 0 Å². The molecule has 0 aliphatic carbocycles. The number of Topliss-reactive ketones (excluding diaryl/α,β-unsaturated/α-hetero) is 1. The van der Waals surface area contributed by atoms with Crippen LogP contribution in [0.4, 0.5) is 0 Å². The van der Waals surface area contributed by atoms with Gasteiger partial charge in [-0.05, 0) is 0 Å². The number of ketones is 1. The number of carbonyl (C=O) groups is 1. The van der Waals surface area contributed by atoms with Crippen molar-refractivity contribution >= 4 is 44.9 Å². The molecule has 0 fully saturated rings. The van der Waals surface area contributed by atoms with E-state index in [9.17, 15) is 4.79 Å². The molecular weight excluding hydrogens is 255 g/mol. The van der Waals surface area contributed by atoms with E-state index < -0.39 is 0 Å². The second-order valence-corrected chi connectivity index (χ2v) is 3.04. The summed E-state index contributed by atoms with van der Waals surface area (Å²) >= 11 is 14.0. The quantitative estimate of drug-likeness (QED) is 0.653. The Balaban J connectivity index is 2.97. The predicted octanol–water partition coefficient (Wildman–Crippen LogP) is 2.29. The Labute approximate surface area is 81.2 Å². The Morgan fingerprint density at radius 2 is 2.27 bits per heavy atom. The minimum Gasteiger partial charge on any atom is -0.325 e. The van der Waals surface area contributed by atoms with Crippen molar-refractivity contribution in [1.82, 2.24) is 9.97 Å². The van der Waals surface area contributed by atoms with Crippen molar-refractivity contribution in [2.45, 2.75) is 0 Å². The first-order valence-corrected chi connectivity index (χ1v) is 4.53. The number of hydrogen-bond acceptors (Lipinski definition) is 2. The van der Waals surface area contributed by atoms with E-state index in [-0.39, 0.29) is 27.2 Å². The second kappa shape index (κ2) is 3.56. The van der Waals surface area contributed by atoms with Crippen molar-refractivity contribution in [2.24, 2.45) is 0 Å². The van der Waals surface area contributed by atoms with Gasteiger partial charge in [0.15, 0.2) is 11.0 Å². The summed E-state index contributed by atoms with van der Waals surface area (Å²) < 4.78 is 0. The molecular formula is C5H3BrCl2N2O. The molecule has 0 aliphatic heterocycles. The maximum Gasteiger partial charge on any atom is 0.208 e. The minimum absolute atomic E-state index is 0.121. The number of hydrogen-bond donors (Lipinski definition) is 1. The van der Waals surface area contributed by atoms with Gasteiger partial charge < -0.3 is 4.98 Å². The van der Waals surface area contributed by atoms with Crippen LogP contribution in [0.1, 0.15) is 10.6 Å². The summed E-state index contributed by atoms with van der Waals surface area (Å²) in [7, 11) is 0. The SMILES string of the molecule is O=C(CBr)c1nc(Cl)c(Cl)[nH]1. The number of nitrogens with zero attached hydrogens (tertiary/aromatic N) is 1. The number of nitrogens with one attached hydrogen (secondary N) is 1. The van der Waals surface area contributed by atoms with E-state index in [2.05, 4.69) is 25.9 Å². The molecule has 1 aromatic rings. The molecule has 1 rings (SSSR count). The summed E-state index contributed by atoms with van der Waals surface area (Å²) in [6.07, 6.45) is 0. The lowest BCUT2D eigenvalue weighted by molar-refractivity contribution is 0.101. The molecule has 0 amide bonds. The predicted molar refractivity (Wildman–Crippen MR) is 46.7 cm³/mol. The third-order valence-corrected chi connectivity index (χ3v) is 2.16. The average Bonchev–Trinajstić information content (AvgIpc) is 2.31. The van der Waals surface area contributed by atoms with Gasteiger partial charge in [-0.1, -0.05) is 39.1 Å². The number of alkyl halides is 1. The molecule has 0 atom stereocenters. The molecule has 1 aromatic heterocycles. The van der Waals surface area contributed by atoms with Crippen LogP contribution in [-0.4, -0.2) is 21.1 Å². The van der Waals surface area contributed by atoms with Crippen molar-refractivity contribution in [3.8, 4) is 0 Å². The van der Waals surface area contributed by atoms with Gasteiger partial charge in [0.05, 0.1) is 5.33 Å². The van der Waals surface area contributed by atoms with Crippen molar-refractivity contribution < 1.29 is 4.79 Å². The van der Waals surface area contributed by atoms with Crippen LogP contribution in [0, 0.1) is 0 Å². The molecule has 0 unspecified atom stereocenters. The fourth-order valence-corrected chi connectivity index (χ4v) is 1.06. The summed E-state index contributed by atoms with van der Waals surface area (Å²) in [5, 5.41) is 0.514. The zero-order chi connectivity index (χ0) is 8.43. The van der Waals surface area contributed by atoms with Crippen LogP contribution in [0.5, 0.6) is 0 Å². The lowest BCUT2D eigenvalue weighted by Crippen LogP contribution is -2.01. The first kappa shape index (κ1) is 9.03. The van der Waals surface area contributed by atoms with Crippen molar-refractivity contribution in [3.05, 3.63) is 16.1 Å². The Bertz CT molecular complexity index is 267. The first-order chi connectivity index (χ1) is 5.15. The topological polar surface area (TPSA) is 45.8 Å². The van der Waals surface area contributed by atoms with E-state index >= 15 is 0 Å². The first-order valence-electron chi connectivity index (χ1n) is 2.65. The summed E-state index contributed by atoms with van der Waals surface area (Å²) in [5.74, 6) is -0.00400. The monoisotopic (exact) mass is 256 g/mol. The van der Waals surface area contributed by atoms with Crippen LogP contribution in [0.2, 0.25) is 10.3 Å². The van der Waals surface area contributed by atoms with E-state index in [4.69, 9.17) is 23.2 Å². The number of halogens is 3. The van der Waals surface area contributed by atoms with Gasteiger partial charge in [0, 0.05) is 0 Å².